The first-order valence-electron chi connectivity index (χ1n) is 9.42. The summed E-state index contributed by atoms with van der Waals surface area (Å²) in [4.78, 5) is 26.7. The molecule has 1 aliphatic rings. The first kappa shape index (κ1) is 18.3. The zero-order chi connectivity index (χ0) is 19.7. The van der Waals surface area contributed by atoms with Crippen LogP contribution in [0, 0.1) is 0 Å². The number of furan rings is 1. The number of morpholine rings is 1. The van der Waals surface area contributed by atoms with Crippen molar-refractivity contribution in [3.8, 4) is 0 Å². The number of aryl methyl sites for hydroxylation is 1. The predicted octanol–water partition coefficient (Wildman–Crippen LogP) is 2.50. The van der Waals surface area contributed by atoms with E-state index in [1.54, 1.807) is 15.7 Å². The van der Waals surface area contributed by atoms with Crippen LogP contribution in [-0.4, -0.2) is 41.0 Å². The summed E-state index contributed by atoms with van der Waals surface area (Å²) in [6.07, 6.45) is 2.45. The number of carbonyl (C=O) groups excluding carboxylic acids is 2. The first-order valence-corrected chi connectivity index (χ1v) is 9.42. The van der Waals surface area contributed by atoms with Crippen LogP contribution in [0.5, 0.6) is 0 Å². The molecule has 146 valence electrons. The van der Waals surface area contributed by atoms with Crippen LogP contribution in [0.25, 0.3) is 10.9 Å². The lowest BCUT2D eigenvalue weighted by atomic mass is 10.1. The number of amides is 2. The van der Waals surface area contributed by atoms with Crippen molar-refractivity contribution >= 4 is 22.7 Å². The Kier molecular flexibility index (Phi) is 4.92. The number of hydrogen-bond donors (Lipinski definition) is 1. The molecule has 1 aliphatic heterocycles. The topological polar surface area (TPSA) is 90.7 Å². The number of ether oxygens (including phenoxy) is 1. The number of para-hydroxylation sites is 1. The summed E-state index contributed by atoms with van der Waals surface area (Å²) in [5, 5.41) is 0.750. The number of primary amides is 1. The number of nitrogens with two attached hydrogens (primary N) is 1. The second-order valence-corrected chi connectivity index (χ2v) is 6.89. The fourth-order valence-electron chi connectivity index (χ4n) is 3.71. The SMILES string of the molecule is CCc1ccc(C2COCCN2C(=O)Cn2cc(C(N)=O)c3ccccc32)o1. The van der Waals surface area contributed by atoms with Crippen LogP contribution in [0.3, 0.4) is 0 Å². The van der Waals surface area contributed by atoms with Gasteiger partial charge in [0, 0.05) is 30.1 Å². The van der Waals surface area contributed by atoms with E-state index in [-0.39, 0.29) is 18.5 Å². The molecule has 1 fully saturated rings. The Hall–Kier alpha value is -3.06. The third-order valence-corrected chi connectivity index (χ3v) is 5.17. The van der Waals surface area contributed by atoms with Gasteiger partial charge >= 0.3 is 0 Å². The van der Waals surface area contributed by atoms with Crippen molar-refractivity contribution in [1.29, 1.82) is 0 Å². The van der Waals surface area contributed by atoms with E-state index in [0.717, 1.165) is 28.8 Å². The Bertz CT molecular complexity index is 1020. The quantitative estimate of drug-likeness (QED) is 0.735. The largest absolute Gasteiger partial charge is 0.464 e. The lowest BCUT2D eigenvalue weighted by Gasteiger charge is -2.34. The monoisotopic (exact) mass is 381 g/mol. The molecule has 0 aliphatic carbocycles. The molecule has 7 nitrogen and oxygen atoms in total. The molecule has 0 radical (unpaired) electrons. The number of aromatic nitrogens is 1. The molecule has 1 aromatic carbocycles. The third kappa shape index (κ3) is 3.29. The molecule has 2 amide bonds. The van der Waals surface area contributed by atoms with Gasteiger partial charge < -0.3 is 24.4 Å². The molecular weight excluding hydrogens is 358 g/mol. The fourth-order valence-corrected chi connectivity index (χ4v) is 3.71. The Morgan fingerprint density at radius 2 is 2.04 bits per heavy atom. The van der Waals surface area contributed by atoms with E-state index in [9.17, 15) is 9.59 Å². The van der Waals surface area contributed by atoms with Crippen LogP contribution < -0.4 is 5.73 Å². The minimum absolute atomic E-state index is 0.0560. The van der Waals surface area contributed by atoms with Crippen molar-refractivity contribution in [3.05, 3.63) is 59.7 Å². The van der Waals surface area contributed by atoms with E-state index in [1.165, 1.54) is 0 Å². The number of hydrogen-bond acceptors (Lipinski definition) is 4. The van der Waals surface area contributed by atoms with Gasteiger partial charge in [0.15, 0.2) is 0 Å². The van der Waals surface area contributed by atoms with Gasteiger partial charge in [-0.1, -0.05) is 25.1 Å². The minimum atomic E-state index is -0.505. The lowest BCUT2D eigenvalue weighted by Crippen LogP contribution is -2.44. The van der Waals surface area contributed by atoms with Crippen molar-refractivity contribution in [1.82, 2.24) is 9.47 Å². The Labute approximate surface area is 162 Å². The van der Waals surface area contributed by atoms with Gasteiger partial charge in [0.05, 0.1) is 18.8 Å². The summed E-state index contributed by atoms with van der Waals surface area (Å²) in [7, 11) is 0. The number of fused-ring (bicyclic) bond motifs is 1. The van der Waals surface area contributed by atoms with Gasteiger partial charge in [0.1, 0.15) is 24.1 Å². The molecule has 0 spiro atoms. The van der Waals surface area contributed by atoms with Gasteiger partial charge in [-0.3, -0.25) is 9.59 Å². The molecule has 7 heteroatoms. The lowest BCUT2D eigenvalue weighted by molar-refractivity contribution is -0.141. The molecule has 0 saturated carbocycles. The van der Waals surface area contributed by atoms with Gasteiger partial charge in [-0.25, -0.2) is 0 Å². The highest BCUT2D eigenvalue weighted by Crippen LogP contribution is 2.27. The van der Waals surface area contributed by atoms with Crippen molar-refractivity contribution in [2.45, 2.75) is 25.9 Å². The number of carbonyl (C=O) groups is 2. The zero-order valence-corrected chi connectivity index (χ0v) is 15.8. The van der Waals surface area contributed by atoms with Crippen LogP contribution >= 0.6 is 0 Å². The number of nitrogens with zero attached hydrogens (tertiary/aromatic N) is 2. The predicted molar refractivity (Wildman–Crippen MR) is 104 cm³/mol. The summed E-state index contributed by atoms with van der Waals surface area (Å²) in [6.45, 7) is 3.53. The maximum atomic E-state index is 13.1. The molecule has 3 aromatic rings. The van der Waals surface area contributed by atoms with Gasteiger partial charge in [-0.15, -0.1) is 0 Å². The average Bonchev–Trinajstić information content (AvgIpc) is 3.33. The zero-order valence-electron chi connectivity index (χ0n) is 15.8. The Balaban J connectivity index is 1.62. The second-order valence-electron chi connectivity index (χ2n) is 6.89. The smallest absolute Gasteiger partial charge is 0.250 e. The molecule has 1 saturated heterocycles. The molecule has 0 bridgehead atoms. The normalized spacial score (nSPS) is 17.2. The van der Waals surface area contributed by atoms with E-state index in [2.05, 4.69) is 0 Å². The second kappa shape index (κ2) is 7.52. The summed E-state index contributed by atoms with van der Waals surface area (Å²) >= 11 is 0. The van der Waals surface area contributed by atoms with E-state index >= 15 is 0 Å². The van der Waals surface area contributed by atoms with Crippen LogP contribution in [0.2, 0.25) is 0 Å². The van der Waals surface area contributed by atoms with Crippen LogP contribution in [-0.2, 0) is 22.5 Å². The van der Waals surface area contributed by atoms with Gasteiger partial charge in [0.2, 0.25) is 5.91 Å². The molecule has 28 heavy (non-hydrogen) atoms. The summed E-state index contributed by atoms with van der Waals surface area (Å²) in [6, 6.07) is 11.0. The van der Waals surface area contributed by atoms with Gasteiger partial charge in [-0.05, 0) is 18.2 Å². The summed E-state index contributed by atoms with van der Waals surface area (Å²) < 4.78 is 13.2. The molecule has 1 unspecified atom stereocenters. The summed E-state index contributed by atoms with van der Waals surface area (Å²) in [5.74, 6) is 1.06. The molecule has 2 aromatic heterocycles. The van der Waals surface area contributed by atoms with Crippen molar-refractivity contribution in [2.24, 2.45) is 5.73 Å². The first-order chi connectivity index (χ1) is 13.6. The number of rotatable bonds is 5. The molecular formula is C21H23N3O4. The average molecular weight is 381 g/mol. The number of benzene rings is 1. The maximum absolute atomic E-state index is 13.1. The standard InChI is InChI=1S/C21H23N3O4/c1-2-14-7-8-19(28-14)18-13-27-10-9-24(18)20(25)12-23-11-16(21(22)26)15-5-3-4-6-17(15)23/h3-8,11,18H,2,9-10,12-13H2,1H3,(H2,22,26). The van der Waals surface area contributed by atoms with E-state index in [4.69, 9.17) is 14.9 Å². The Morgan fingerprint density at radius 1 is 1.21 bits per heavy atom. The summed E-state index contributed by atoms with van der Waals surface area (Å²) in [5.41, 5.74) is 6.73. The molecule has 2 N–H and O–H groups in total. The van der Waals surface area contributed by atoms with E-state index < -0.39 is 5.91 Å². The van der Waals surface area contributed by atoms with Crippen molar-refractivity contribution in [2.75, 3.05) is 19.8 Å². The third-order valence-electron chi connectivity index (χ3n) is 5.17. The fraction of sp³-hybridized carbons (Fsp3) is 0.333. The van der Waals surface area contributed by atoms with Crippen molar-refractivity contribution in [3.63, 3.8) is 0 Å². The van der Waals surface area contributed by atoms with Crippen LogP contribution in [0.4, 0.5) is 0 Å². The minimum Gasteiger partial charge on any atom is -0.464 e. The molecule has 3 heterocycles. The van der Waals surface area contributed by atoms with Crippen LogP contribution in [0.15, 0.2) is 47.0 Å². The highest BCUT2D eigenvalue weighted by molar-refractivity contribution is 6.06. The van der Waals surface area contributed by atoms with E-state index in [1.807, 2.05) is 43.3 Å². The van der Waals surface area contributed by atoms with Gasteiger partial charge in [0.25, 0.3) is 5.91 Å². The van der Waals surface area contributed by atoms with Gasteiger partial charge in [-0.2, -0.15) is 0 Å². The highest BCUT2D eigenvalue weighted by Gasteiger charge is 2.31. The molecule has 1 atom stereocenters. The Morgan fingerprint density at radius 3 is 2.79 bits per heavy atom. The maximum Gasteiger partial charge on any atom is 0.250 e. The van der Waals surface area contributed by atoms with E-state index in [0.29, 0.717) is 25.3 Å². The van der Waals surface area contributed by atoms with Crippen molar-refractivity contribution < 1.29 is 18.7 Å². The molecule has 4 rings (SSSR count). The highest BCUT2D eigenvalue weighted by atomic mass is 16.5. The van der Waals surface area contributed by atoms with Crippen LogP contribution in [0.1, 0.15) is 34.8 Å².